The molecule has 8 nitrogen and oxygen atoms in total. The maximum Gasteiger partial charge on any atom is 0.250 e. The van der Waals surface area contributed by atoms with Crippen molar-refractivity contribution < 1.29 is 24.2 Å². The molecule has 5 rings (SSSR count). The quantitative estimate of drug-likeness (QED) is 0.474. The van der Waals surface area contributed by atoms with Crippen molar-refractivity contribution in [3.05, 3.63) is 65.2 Å². The second-order valence-corrected chi connectivity index (χ2v) is 11.1. The molecule has 3 saturated heterocycles. The van der Waals surface area contributed by atoms with Crippen molar-refractivity contribution in [1.29, 1.82) is 0 Å². The number of hydrogen-bond donors (Lipinski definition) is 3. The highest BCUT2D eigenvalue weighted by Gasteiger charge is 2.77. The van der Waals surface area contributed by atoms with Gasteiger partial charge in [-0.2, -0.15) is 0 Å². The number of fused-ring (bicyclic) bond motifs is 1. The molecule has 7 atom stereocenters. The molecular weight excluding hydrogens is 526 g/mol. The van der Waals surface area contributed by atoms with Crippen LogP contribution in [0.1, 0.15) is 29.2 Å². The van der Waals surface area contributed by atoms with E-state index >= 15 is 0 Å². The molecule has 2 aromatic carbocycles. The van der Waals surface area contributed by atoms with Gasteiger partial charge in [-0.05, 0) is 43.0 Å². The van der Waals surface area contributed by atoms with Gasteiger partial charge in [-0.25, -0.2) is 0 Å². The van der Waals surface area contributed by atoms with Crippen molar-refractivity contribution in [1.82, 2.24) is 10.2 Å². The Labute approximate surface area is 218 Å². The molecule has 3 aliphatic heterocycles. The highest BCUT2D eigenvalue weighted by Crippen LogP contribution is 2.61. The monoisotopic (exact) mass is 555 g/mol. The van der Waals surface area contributed by atoms with Crippen LogP contribution in [0.2, 0.25) is 0 Å². The van der Waals surface area contributed by atoms with Gasteiger partial charge in [0.05, 0.1) is 30.6 Å². The van der Waals surface area contributed by atoms with Crippen LogP contribution in [0.3, 0.4) is 0 Å². The van der Waals surface area contributed by atoms with Gasteiger partial charge in [0.25, 0.3) is 0 Å². The summed E-state index contributed by atoms with van der Waals surface area (Å²) >= 11 is 3.65. The first-order valence-electron chi connectivity index (χ1n) is 12.1. The van der Waals surface area contributed by atoms with Gasteiger partial charge in [-0.1, -0.05) is 58.4 Å². The van der Waals surface area contributed by atoms with E-state index in [0.29, 0.717) is 17.7 Å². The molecular formula is C27H30BrN3O5. The van der Waals surface area contributed by atoms with Gasteiger partial charge >= 0.3 is 0 Å². The van der Waals surface area contributed by atoms with Gasteiger partial charge in [-0.3, -0.25) is 14.4 Å². The zero-order valence-electron chi connectivity index (χ0n) is 20.4. The van der Waals surface area contributed by atoms with Crippen LogP contribution in [-0.2, 0) is 19.1 Å². The first-order valence-corrected chi connectivity index (χ1v) is 13.0. The third kappa shape index (κ3) is 3.67. The number of halogens is 1. The van der Waals surface area contributed by atoms with Gasteiger partial charge in [-0.15, -0.1) is 0 Å². The van der Waals surface area contributed by atoms with E-state index in [1.165, 1.54) is 11.9 Å². The topological polar surface area (TPSA) is 108 Å². The second-order valence-electron chi connectivity index (χ2n) is 9.94. The van der Waals surface area contributed by atoms with Gasteiger partial charge in [0.2, 0.25) is 17.7 Å². The Balaban J connectivity index is 1.63. The van der Waals surface area contributed by atoms with E-state index in [9.17, 15) is 19.5 Å². The summed E-state index contributed by atoms with van der Waals surface area (Å²) in [7, 11) is 1.53. The lowest BCUT2D eigenvalue weighted by Gasteiger charge is -2.37. The highest BCUT2D eigenvalue weighted by atomic mass is 79.9. The Morgan fingerprint density at radius 3 is 2.58 bits per heavy atom. The van der Waals surface area contributed by atoms with E-state index in [-0.39, 0.29) is 23.2 Å². The molecule has 2 aromatic rings. The Morgan fingerprint density at radius 1 is 1.19 bits per heavy atom. The first kappa shape index (κ1) is 24.9. The van der Waals surface area contributed by atoms with E-state index in [1.54, 1.807) is 0 Å². The van der Waals surface area contributed by atoms with E-state index in [0.717, 1.165) is 11.1 Å². The predicted molar refractivity (Wildman–Crippen MR) is 137 cm³/mol. The molecule has 190 valence electrons. The van der Waals surface area contributed by atoms with Crippen LogP contribution in [0.15, 0.2) is 48.5 Å². The Hall–Kier alpha value is -2.75. The van der Waals surface area contributed by atoms with E-state index in [1.807, 2.05) is 62.4 Å². The molecule has 36 heavy (non-hydrogen) atoms. The lowest BCUT2D eigenvalue weighted by molar-refractivity contribution is -0.144. The summed E-state index contributed by atoms with van der Waals surface area (Å²) in [5.41, 5.74) is 2.03. The maximum atomic E-state index is 14.1. The molecule has 9 heteroatoms. The molecule has 0 saturated carbocycles. The number of rotatable bonds is 6. The van der Waals surface area contributed by atoms with Crippen molar-refractivity contribution in [3.63, 3.8) is 0 Å². The number of anilines is 1. The van der Waals surface area contributed by atoms with Gasteiger partial charge < -0.3 is 25.4 Å². The highest BCUT2D eigenvalue weighted by molar-refractivity contribution is 9.09. The number of aliphatic hydroxyl groups excluding tert-OH is 1. The van der Waals surface area contributed by atoms with E-state index in [4.69, 9.17) is 4.74 Å². The average Bonchev–Trinajstić information content (AvgIpc) is 3.46. The van der Waals surface area contributed by atoms with E-state index < -0.39 is 41.5 Å². The molecule has 0 aliphatic carbocycles. The predicted octanol–water partition coefficient (Wildman–Crippen LogP) is 2.47. The van der Waals surface area contributed by atoms with Crippen LogP contribution < -0.4 is 10.6 Å². The maximum absolute atomic E-state index is 14.1. The normalized spacial score (nSPS) is 31.3. The van der Waals surface area contributed by atoms with Crippen molar-refractivity contribution >= 4 is 39.3 Å². The first-order chi connectivity index (χ1) is 17.2. The van der Waals surface area contributed by atoms with Crippen LogP contribution in [0.4, 0.5) is 5.69 Å². The number of carbonyl (C=O) groups excluding carboxylic acids is 3. The number of hydrogen-bond acceptors (Lipinski definition) is 5. The van der Waals surface area contributed by atoms with Crippen molar-refractivity contribution in [3.8, 4) is 0 Å². The summed E-state index contributed by atoms with van der Waals surface area (Å²) in [5.74, 6) is -2.61. The van der Waals surface area contributed by atoms with Crippen LogP contribution in [0.5, 0.6) is 0 Å². The molecule has 3 fully saturated rings. The molecule has 3 aliphatic rings. The number of alkyl halides is 1. The molecule has 3 N–H and O–H groups in total. The van der Waals surface area contributed by atoms with Gasteiger partial charge in [0, 0.05) is 17.6 Å². The molecule has 3 unspecified atom stereocenters. The number of aryl methyl sites for hydroxylation is 2. The fourth-order valence-electron chi connectivity index (χ4n) is 6.27. The number of likely N-dealkylation sites (tertiary alicyclic amines) is 1. The third-order valence-electron chi connectivity index (χ3n) is 7.87. The number of aliphatic hydroxyl groups is 1. The summed E-state index contributed by atoms with van der Waals surface area (Å²) < 4.78 is 6.48. The average molecular weight is 556 g/mol. The summed E-state index contributed by atoms with van der Waals surface area (Å²) in [5, 5.41) is 16.2. The lowest BCUT2D eigenvalue weighted by Crippen LogP contribution is -2.55. The molecule has 3 amide bonds. The van der Waals surface area contributed by atoms with Gasteiger partial charge in [0.1, 0.15) is 11.6 Å². The third-order valence-corrected chi connectivity index (χ3v) is 8.71. The largest absolute Gasteiger partial charge is 0.394 e. The second kappa shape index (κ2) is 9.28. The Bertz CT molecular complexity index is 1210. The minimum Gasteiger partial charge on any atom is -0.394 e. The summed E-state index contributed by atoms with van der Waals surface area (Å²) in [6.45, 7) is 3.47. The number of ether oxygens (including phenoxy) is 1. The molecule has 0 aromatic heterocycles. The van der Waals surface area contributed by atoms with Crippen molar-refractivity contribution in [2.45, 2.75) is 48.9 Å². The minimum atomic E-state index is -1.20. The van der Waals surface area contributed by atoms with Crippen LogP contribution in [0.25, 0.3) is 0 Å². The van der Waals surface area contributed by atoms with E-state index in [2.05, 4.69) is 26.6 Å². The van der Waals surface area contributed by atoms with Crippen LogP contribution >= 0.6 is 15.9 Å². The zero-order chi connectivity index (χ0) is 25.8. The summed E-state index contributed by atoms with van der Waals surface area (Å²) in [4.78, 5) is 42.4. The Morgan fingerprint density at radius 2 is 1.92 bits per heavy atom. The number of amides is 3. The summed E-state index contributed by atoms with van der Waals surface area (Å²) in [6, 6.07) is 13.1. The summed E-state index contributed by atoms with van der Waals surface area (Å²) in [6.07, 6.45) is -0.128. The fraction of sp³-hybridized carbons (Fsp3) is 0.444. The minimum absolute atomic E-state index is 0.191. The van der Waals surface area contributed by atoms with Crippen molar-refractivity contribution in [2.24, 2.45) is 11.8 Å². The Kier molecular flexibility index (Phi) is 6.43. The fourth-order valence-corrected chi connectivity index (χ4v) is 7.21. The number of carbonyl (C=O) groups is 3. The SMILES string of the molecule is CNC(=O)[C@H]1[C@@H]2OC3(CC2Br)C(C(=O)Nc2cc(C)ccc2C)N([C@H](CO)c2ccccc2)C(=O)[C@H]13. The standard InChI is InChI=1S/C27H30BrN3O5/c1-14-9-10-15(2)18(11-14)30-25(34)23-27-12-17(28)22(36-27)20(24(33)29-3)21(27)26(35)31(23)19(13-32)16-7-5-4-6-8-16/h4-11,17,19-23,32H,12-13H2,1-3H3,(H,29,33)(H,30,34)/t17?,19-,20-,21+,22-,23?,27?/m1/s1. The zero-order valence-corrected chi connectivity index (χ0v) is 22.0. The number of benzene rings is 2. The molecule has 2 bridgehead atoms. The van der Waals surface area contributed by atoms with Crippen LogP contribution in [0, 0.1) is 25.7 Å². The molecule has 1 spiro atoms. The van der Waals surface area contributed by atoms with Crippen LogP contribution in [-0.4, -0.2) is 64.0 Å². The molecule has 0 radical (unpaired) electrons. The molecule has 3 heterocycles. The lowest BCUT2D eigenvalue weighted by atomic mass is 9.70. The van der Waals surface area contributed by atoms with Crippen molar-refractivity contribution in [2.75, 3.05) is 19.0 Å². The number of nitrogens with zero attached hydrogens (tertiary/aromatic N) is 1. The smallest absolute Gasteiger partial charge is 0.250 e. The van der Waals surface area contributed by atoms with Gasteiger partial charge in [0.15, 0.2) is 0 Å². The number of nitrogens with one attached hydrogen (secondary N) is 2.